The number of ether oxygens (including phenoxy) is 1. The first-order chi connectivity index (χ1) is 8.38. The van der Waals surface area contributed by atoms with Crippen LogP contribution in [0.4, 0.5) is 13.2 Å². The molecule has 1 aromatic carbocycles. The van der Waals surface area contributed by atoms with Crippen molar-refractivity contribution in [2.75, 3.05) is 13.7 Å². The number of hydrogen-bond acceptors (Lipinski definition) is 3. The van der Waals surface area contributed by atoms with Crippen LogP contribution in [0.5, 0.6) is 5.75 Å². The number of carbonyl (C=O) groups is 2. The highest BCUT2D eigenvalue weighted by atomic mass is 19.4. The molecule has 0 fully saturated rings. The Morgan fingerprint density at radius 1 is 1.44 bits per heavy atom. The molecule has 7 heteroatoms. The summed E-state index contributed by atoms with van der Waals surface area (Å²) >= 11 is 0. The Hall–Kier alpha value is -2.05. The van der Waals surface area contributed by atoms with Gasteiger partial charge in [-0.15, -0.1) is 0 Å². The molecule has 0 bridgehead atoms. The molecule has 1 amide bonds. The van der Waals surface area contributed by atoms with Gasteiger partial charge in [0.1, 0.15) is 12.0 Å². The lowest BCUT2D eigenvalue weighted by Crippen LogP contribution is -2.25. The van der Waals surface area contributed by atoms with Crippen LogP contribution in [0.3, 0.4) is 0 Å². The van der Waals surface area contributed by atoms with Crippen LogP contribution < -0.4 is 10.1 Å². The monoisotopic (exact) mass is 261 g/mol. The third kappa shape index (κ3) is 3.47. The molecule has 0 saturated heterocycles. The largest absolute Gasteiger partial charge is 0.483 e. The maximum Gasteiger partial charge on any atom is 0.419 e. The maximum atomic E-state index is 12.7. The minimum Gasteiger partial charge on any atom is -0.483 e. The van der Waals surface area contributed by atoms with E-state index in [0.717, 1.165) is 6.07 Å². The van der Waals surface area contributed by atoms with Gasteiger partial charge in [-0.1, -0.05) is 0 Å². The fraction of sp³-hybridized carbons (Fsp3) is 0.273. The van der Waals surface area contributed by atoms with Gasteiger partial charge in [0.05, 0.1) is 5.56 Å². The first kappa shape index (κ1) is 14.0. The SMILES string of the molecule is CNC(=O)COc1ccc(C=O)cc1C(F)(F)F. The molecule has 0 atom stereocenters. The average molecular weight is 261 g/mol. The van der Waals surface area contributed by atoms with Gasteiger partial charge in [0.15, 0.2) is 6.61 Å². The topological polar surface area (TPSA) is 55.4 Å². The van der Waals surface area contributed by atoms with E-state index in [1.54, 1.807) is 0 Å². The Balaban J connectivity index is 3.03. The van der Waals surface area contributed by atoms with E-state index in [0.29, 0.717) is 12.4 Å². The summed E-state index contributed by atoms with van der Waals surface area (Å²) in [5.74, 6) is -1.04. The summed E-state index contributed by atoms with van der Waals surface area (Å²) < 4.78 is 42.8. The van der Waals surface area contributed by atoms with Crippen molar-refractivity contribution in [2.24, 2.45) is 0 Å². The molecule has 0 spiro atoms. The van der Waals surface area contributed by atoms with E-state index in [1.807, 2.05) is 0 Å². The van der Waals surface area contributed by atoms with Gasteiger partial charge in [0.2, 0.25) is 0 Å². The fourth-order valence-electron chi connectivity index (χ4n) is 1.18. The number of aldehydes is 1. The summed E-state index contributed by atoms with van der Waals surface area (Å²) in [6.07, 6.45) is -4.35. The molecule has 0 aliphatic heterocycles. The quantitative estimate of drug-likeness (QED) is 0.838. The molecule has 0 aliphatic carbocycles. The van der Waals surface area contributed by atoms with Crippen LogP contribution in [0.2, 0.25) is 0 Å². The van der Waals surface area contributed by atoms with E-state index in [9.17, 15) is 22.8 Å². The molecular formula is C11H10F3NO3. The van der Waals surface area contributed by atoms with Gasteiger partial charge in [-0.25, -0.2) is 0 Å². The first-order valence-corrected chi connectivity index (χ1v) is 4.88. The number of hydrogen-bond donors (Lipinski definition) is 1. The highest BCUT2D eigenvalue weighted by Gasteiger charge is 2.34. The molecule has 98 valence electrons. The van der Waals surface area contributed by atoms with Crippen molar-refractivity contribution >= 4 is 12.2 Å². The third-order valence-electron chi connectivity index (χ3n) is 2.08. The smallest absolute Gasteiger partial charge is 0.419 e. The van der Waals surface area contributed by atoms with Crippen molar-refractivity contribution < 1.29 is 27.5 Å². The second kappa shape index (κ2) is 5.52. The molecule has 1 aromatic rings. The van der Waals surface area contributed by atoms with Gasteiger partial charge in [-0.2, -0.15) is 13.2 Å². The molecule has 0 aromatic heterocycles. The zero-order valence-corrected chi connectivity index (χ0v) is 9.38. The molecule has 0 heterocycles. The van der Waals surface area contributed by atoms with Crippen molar-refractivity contribution in [3.63, 3.8) is 0 Å². The van der Waals surface area contributed by atoms with Crippen LogP contribution in [0.1, 0.15) is 15.9 Å². The van der Waals surface area contributed by atoms with E-state index in [1.165, 1.54) is 13.1 Å². The summed E-state index contributed by atoms with van der Waals surface area (Å²) in [6, 6.07) is 2.86. The number of likely N-dealkylation sites (N-methyl/N-ethyl adjacent to an activating group) is 1. The Labute approximate surface area is 101 Å². The molecular weight excluding hydrogens is 251 g/mol. The second-order valence-electron chi connectivity index (χ2n) is 3.33. The van der Waals surface area contributed by atoms with Crippen LogP contribution in [-0.4, -0.2) is 25.8 Å². The van der Waals surface area contributed by atoms with Crippen LogP contribution in [-0.2, 0) is 11.0 Å². The summed E-state index contributed by atoms with van der Waals surface area (Å²) in [5.41, 5.74) is -1.20. The molecule has 0 unspecified atom stereocenters. The summed E-state index contributed by atoms with van der Waals surface area (Å²) in [6.45, 7) is -0.528. The maximum absolute atomic E-state index is 12.7. The standard InChI is InChI=1S/C11H10F3NO3/c1-15-10(17)6-18-9-3-2-7(5-16)4-8(9)11(12,13)14/h2-5H,6H2,1H3,(H,15,17). The third-order valence-corrected chi connectivity index (χ3v) is 2.08. The van der Waals surface area contributed by atoms with E-state index in [4.69, 9.17) is 4.74 Å². The Bertz CT molecular complexity index is 457. The number of carbonyl (C=O) groups excluding carboxylic acids is 2. The second-order valence-corrected chi connectivity index (χ2v) is 3.33. The van der Waals surface area contributed by atoms with Gasteiger partial charge in [-0.05, 0) is 18.2 Å². The fourth-order valence-corrected chi connectivity index (χ4v) is 1.18. The average Bonchev–Trinajstić information content (AvgIpc) is 2.34. The van der Waals surface area contributed by atoms with Gasteiger partial charge in [0.25, 0.3) is 5.91 Å². The van der Waals surface area contributed by atoms with Crippen LogP contribution in [0.15, 0.2) is 18.2 Å². The number of rotatable bonds is 4. The predicted octanol–water partition coefficient (Wildman–Crippen LogP) is 1.64. The lowest BCUT2D eigenvalue weighted by molar-refractivity contribution is -0.139. The number of halogens is 3. The van der Waals surface area contributed by atoms with Crippen molar-refractivity contribution in [1.29, 1.82) is 0 Å². The number of benzene rings is 1. The lowest BCUT2D eigenvalue weighted by atomic mass is 10.1. The summed E-state index contributed by atoms with van der Waals surface area (Å²) in [4.78, 5) is 21.3. The zero-order valence-electron chi connectivity index (χ0n) is 9.38. The Kier molecular flexibility index (Phi) is 4.30. The normalized spacial score (nSPS) is 10.9. The van der Waals surface area contributed by atoms with Crippen LogP contribution >= 0.6 is 0 Å². The van der Waals surface area contributed by atoms with Gasteiger partial charge < -0.3 is 10.1 Å². The zero-order chi connectivity index (χ0) is 13.8. The number of alkyl halides is 3. The van der Waals surface area contributed by atoms with Gasteiger partial charge in [0, 0.05) is 12.6 Å². The molecule has 4 nitrogen and oxygen atoms in total. The number of amides is 1. The van der Waals surface area contributed by atoms with E-state index in [2.05, 4.69) is 5.32 Å². The summed E-state index contributed by atoms with van der Waals surface area (Å²) in [5, 5.41) is 2.21. The van der Waals surface area contributed by atoms with Crippen molar-refractivity contribution in [3.05, 3.63) is 29.3 Å². The van der Waals surface area contributed by atoms with E-state index >= 15 is 0 Å². The van der Waals surface area contributed by atoms with Crippen LogP contribution in [0.25, 0.3) is 0 Å². The molecule has 0 aliphatic rings. The lowest BCUT2D eigenvalue weighted by Gasteiger charge is -2.13. The van der Waals surface area contributed by atoms with E-state index < -0.39 is 30.0 Å². The van der Waals surface area contributed by atoms with Crippen LogP contribution in [0, 0.1) is 0 Å². The van der Waals surface area contributed by atoms with Gasteiger partial charge in [-0.3, -0.25) is 9.59 Å². The van der Waals surface area contributed by atoms with Gasteiger partial charge >= 0.3 is 6.18 Å². The van der Waals surface area contributed by atoms with Crippen molar-refractivity contribution in [2.45, 2.75) is 6.18 Å². The Morgan fingerprint density at radius 2 is 2.11 bits per heavy atom. The highest BCUT2D eigenvalue weighted by molar-refractivity contribution is 5.77. The minimum absolute atomic E-state index is 0.116. The van der Waals surface area contributed by atoms with E-state index in [-0.39, 0.29) is 5.56 Å². The van der Waals surface area contributed by atoms with Crippen molar-refractivity contribution in [3.8, 4) is 5.75 Å². The number of nitrogens with one attached hydrogen (secondary N) is 1. The highest BCUT2D eigenvalue weighted by Crippen LogP contribution is 2.36. The summed E-state index contributed by atoms with van der Waals surface area (Å²) in [7, 11) is 1.34. The molecule has 18 heavy (non-hydrogen) atoms. The Morgan fingerprint density at radius 3 is 2.61 bits per heavy atom. The minimum atomic E-state index is -4.66. The first-order valence-electron chi connectivity index (χ1n) is 4.88. The molecule has 1 N–H and O–H groups in total. The van der Waals surface area contributed by atoms with Crippen molar-refractivity contribution in [1.82, 2.24) is 5.32 Å². The predicted molar refractivity (Wildman–Crippen MR) is 56.4 cm³/mol. The molecule has 0 saturated carbocycles. The molecule has 1 rings (SSSR count). The molecule has 0 radical (unpaired) electrons.